The maximum absolute atomic E-state index is 12.3. The molecule has 0 saturated heterocycles. The fourth-order valence-electron chi connectivity index (χ4n) is 3.48. The highest BCUT2D eigenvalue weighted by molar-refractivity contribution is 5.82. The Morgan fingerprint density at radius 3 is 2.48 bits per heavy atom. The van der Waals surface area contributed by atoms with Crippen molar-refractivity contribution in [2.45, 2.75) is 83.0 Å². The number of amides is 1. The minimum atomic E-state index is -0.806. The third-order valence-corrected chi connectivity index (χ3v) is 4.73. The van der Waals surface area contributed by atoms with Crippen LogP contribution in [0, 0.1) is 5.92 Å². The lowest BCUT2D eigenvalue weighted by Gasteiger charge is -2.28. The standard InChI is InChI=1S/C16H27NO4/c1-2-14(21-11-7-4-3-5-8-11)15(18)17-13-10-6-9-12(13)16(19)20/h11-14H,2-10H2,1H3,(H,17,18)(H,19,20)/t12-,13+,14?/m0/s1. The molecule has 0 heterocycles. The van der Waals surface area contributed by atoms with Crippen LogP contribution in [0.5, 0.6) is 0 Å². The first-order valence-electron chi connectivity index (χ1n) is 8.30. The van der Waals surface area contributed by atoms with Crippen molar-refractivity contribution >= 4 is 11.9 Å². The third-order valence-electron chi connectivity index (χ3n) is 4.73. The van der Waals surface area contributed by atoms with Crippen LogP contribution in [0.1, 0.15) is 64.7 Å². The molecule has 120 valence electrons. The van der Waals surface area contributed by atoms with Gasteiger partial charge in [0.15, 0.2) is 0 Å². The molecule has 0 aromatic carbocycles. The van der Waals surface area contributed by atoms with E-state index in [1.54, 1.807) is 0 Å². The second-order valence-corrected chi connectivity index (χ2v) is 6.28. The topological polar surface area (TPSA) is 75.6 Å². The Labute approximate surface area is 126 Å². The maximum atomic E-state index is 12.3. The SMILES string of the molecule is CCC(OC1CCCCC1)C(=O)N[C@@H]1CCC[C@@H]1C(=O)O. The molecule has 2 N–H and O–H groups in total. The average Bonchev–Trinajstić information content (AvgIpc) is 2.94. The molecule has 5 nitrogen and oxygen atoms in total. The fraction of sp³-hybridized carbons (Fsp3) is 0.875. The second-order valence-electron chi connectivity index (χ2n) is 6.28. The Morgan fingerprint density at radius 2 is 1.86 bits per heavy atom. The Morgan fingerprint density at radius 1 is 1.14 bits per heavy atom. The van der Waals surface area contributed by atoms with E-state index in [2.05, 4.69) is 5.32 Å². The minimum Gasteiger partial charge on any atom is -0.481 e. The summed E-state index contributed by atoms with van der Waals surface area (Å²) in [5.41, 5.74) is 0. The number of nitrogens with one attached hydrogen (secondary N) is 1. The van der Waals surface area contributed by atoms with Crippen molar-refractivity contribution in [3.05, 3.63) is 0 Å². The van der Waals surface area contributed by atoms with Gasteiger partial charge in [-0.1, -0.05) is 32.6 Å². The van der Waals surface area contributed by atoms with Crippen LogP contribution in [0.15, 0.2) is 0 Å². The Hall–Kier alpha value is -1.10. The highest BCUT2D eigenvalue weighted by Crippen LogP contribution is 2.26. The molecule has 0 spiro atoms. The van der Waals surface area contributed by atoms with E-state index in [4.69, 9.17) is 4.74 Å². The predicted octanol–water partition coefficient (Wildman–Crippen LogP) is 2.48. The summed E-state index contributed by atoms with van der Waals surface area (Å²) in [4.78, 5) is 23.5. The summed E-state index contributed by atoms with van der Waals surface area (Å²) >= 11 is 0. The molecular weight excluding hydrogens is 270 g/mol. The van der Waals surface area contributed by atoms with Crippen molar-refractivity contribution in [1.82, 2.24) is 5.32 Å². The van der Waals surface area contributed by atoms with Crippen molar-refractivity contribution in [3.8, 4) is 0 Å². The number of carbonyl (C=O) groups excluding carboxylic acids is 1. The molecule has 2 fully saturated rings. The van der Waals surface area contributed by atoms with E-state index in [9.17, 15) is 14.7 Å². The molecule has 0 aliphatic heterocycles. The van der Waals surface area contributed by atoms with E-state index in [-0.39, 0.29) is 18.1 Å². The molecule has 3 atom stereocenters. The zero-order valence-electron chi connectivity index (χ0n) is 12.8. The van der Waals surface area contributed by atoms with E-state index in [0.29, 0.717) is 12.8 Å². The first-order valence-corrected chi connectivity index (χ1v) is 8.30. The van der Waals surface area contributed by atoms with Gasteiger partial charge in [0.05, 0.1) is 12.0 Å². The lowest BCUT2D eigenvalue weighted by atomic mass is 9.97. The summed E-state index contributed by atoms with van der Waals surface area (Å²) in [7, 11) is 0. The van der Waals surface area contributed by atoms with Crippen molar-refractivity contribution in [2.75, 3.05) is 0 Å². The van der Waals surface area contributed by atoms with Crippen molar-refractivity contribution in [2.24, 2.45) is 5.92 Å². The van der Waals surface area contributed by atoms with Crippen LogP contribution in [-0.4, -0.2) is 35.2 Å². The molecule has 1 amide bonds. The lowest BCUT2D eigenvalue weighted by molar-refractivity contribution is -0.144. The summed E-state index contributed by atoms with van der Waals surface area (Å²) in [6, 6.07) is -0.237. The molecule has 0 aromatic heterocycles. The van der Waals surface area contributed by atoms with Gasteiger partial charge in [0, 0.05) is 6.04 Å². The van der Waals surface area contributed by atoms with Crippen LogP contribution in [0.2, 0.25) is 0 Å². The summed E-state index contributed by atoms with van der Waals surface area (Å²) in [6.45, 7) is 1.94. The normalized spacial score (nSPS) is 28.2. The van der Waals surface area contributed by atoms with Crippen LogP contribution >= 0.6 is 0 Å². The summed E-state index contributed by atoms with van der Waals surface area (Å²) in [5.74, 6) is -1.39. The monoisotopic (exact) mass is 297 g/mol. The summed E-state index contributed by atoms with van der Waals surface area (Å²) < 4.78 is 5.95. The van der Waals surface area contributed by atoms with Crippen molar-refractivity contribution < 1.29 is 19.4 Å². The van der Waals surface area contributed by atoms with Crippen molar-refractivity contribution in [3.63, 3.8) is 0 Å². The number of rotatable bonds is 6. The van der Waals surface area contributed by atoms with Gasteiger partial charge in [0.1, 0.15) is 6.10 Å². The average molecular weight is 297 g/mol. The van der Waals surface area contributed by atoms with Gasteiger partial charge in [-0.3, -0.25) is 9.59 Å². The molecule has 2 aliphatic rings. The van der Waals surface area contributed by atoms with Gasteiger partial charge < -0.3 is 15.2 Å². The molecule has 2 aliphatic carbocycles. The van der Waals surface area contributed by atoms with Gasteiger partial charge in [0.2, 0.25) is 5.91 Å². The van der Waals surface area contributed by atoms with Gasteiger partial charge in [0.25, 0.3) is 0 Å². The summed E-state index contributed by atoms with van der Waals surface area (Å²) in [6.07, 6.45) is 8.31. The number of carbonyl (C=O) groups is 2. The molecule has 1 unspecified atom stereocenters. The van der Waals surface area contributed by atoms with Crippen LogP contribution in [0.25, 0.3) is 0 Å². The zero-order chi connectivity index (χ0) is 15.2. The Kier molecular flexibility index (Phi) is 6.03. The molecule has 0 aromatic rings. The molecule has 2 rings (SSSR count). The molecule has 5 heteroatoms. The number of ether oxygens (including phenoxy) is 1. The van der Waals surface area contributed by atoms with E-state index < -0.39 is 18.0 Å². The maximum Gasteiger partial charge on any atom is 0.308 e. The summed E-state index contributed by atoms with van der Waals surface area (Å²) in [5, 5.41) is 12.1. The van der Waals surface area contributed by atoms with Gasteiger partial charge in [-0.2, -0.15) is 0 Å². The van der Waals surface area contributed by atoms with Gasteiger partial charge in [-0.25, -0.2) is 0 Å². The van der Waals surface area contributed by atoms with Crippen LogP contribution < -0.4 is 5.32 Å². The van der Waals surface area contributed by atoms with E-state index in [1.807, 2.05) is 6.92 Å². The number of carboxylic acid groups (broad SMARTS) is 1. The molecular formula is C16H27NO4. The minimum absolute atomic E-state index is 0.138. The smallest absolute Gasteiger partial charge is 0.308 e. The second kappa shape index (κ2) is 7.78. The van der Waals surface area contributed by atoms with E-state index in [0.717, 1.165) is 25.7 Å². The Balaban J connectivity index is 1.85. The largest absolute Gasteiger partial charge is 0.481 e. The highest BCUT2D eigenvalue weighted by atomic mass is 16.5. The van der Waals surface area contributed by atoms with Crippen LogP contribution in [0.4, 0.5) is 0 Å². The number of hydrogen-bond donors (Lipinski definition) is 2. The van der Waals surface area contributed by atoms with E-state index in [1.165, 1.54) is 19.3 Å². The first-order chi connectivity index (χ1) is 10.1. The molecule has 0 radical (unpaired) electrons. The zero-order valence-corrected chi connectivity index (χ0v) is 12.8. The van der Waals surface area contributed by atoms with E-state index >= 15 is 0 Å². The van der Waals surface area contributed by atoms with Crippen LogP contribution in [-0.2, 0) is 14.3 Å². The number of hydrogen-bond acceptors (Lipinski definition) is 3. The number of aliphatic carboxylic acids is 1. The van der Waals surface area contributed by atoms with Gasteiger partial charge >= 0.3 is 5.97 Å². The van der Waals surface area contributed by atoms with Gasteiger partial charge in [-0.05, 0) is 32.1 Å². The third kappa shape index (κ3) is 4.43. The fourth-order valence-corrected chi connectivity index (χ4v) is 3.48. The molecule has 21 heavy (non-hydrogen) atoms. The highest BCUT2D eigenvalue weighted by Gasteiger charge is 2.35. The lowest BCUT2D eigenvalue weighted by Crippen LogP contribution is -2.46. The molecule has 0 bridgehead atoms. The van der Waals surface area contributed by atoms with Gasteiger partial charge in [-0.15, -0.1) is 0 Å². The van der Waals surface area contributed by atoms with Crippen LogP contribution in [0.3, 0.4) is 0 Å². The Bertz CT molecular complexity index is 365. The molecule has 2 saturated carbocycles. The number of carboxylic acids is 1. The predicted molar refractivity (Wildman–Crippen MR) is 78.9 cm³/mol. The van der Waals surface area contributed by atoms with Crippen molar-refractivity contribution in [1.29, 1.82) is 0 Å². The first kappa shape index (κ1) is 16.3. The quantitative estimate of drug-likeness (QED) is 0.789.